The number of carbonyl (C=O) groups is 1. The van der Waals surface area contributed by atoms with Crippen molar-refractivity contribution in [3.8, 4) is 0 Å². The standard InChI is InChI=1S/C9H3F13O2/c10-5(11,6(12,13)9(20,21)22)4(7(14,15)16,8(17,18)19)2-1-3(23)24/h1-2H,(H,23,24)/b2-1-. The van der Waals surface area contributed by atoms with Crippen molar-refractivity contribution in [2.45, 2.75) is 30.4 Å². The highest BCUT2D eigenvalue weighted by atomic mass is 19.4. The van der Waals surface area contributed by atoms with Gasteiger partial charge in [-0.25, -0.2) is 4.79 Å². The zero-order valence-electron chi connectivity index (χ0n) is 10.4. The van der Waals surface area contributed by atoms with Crippen LogP contribution in [0.15, 0.2) is 12.2 Å². The number of carboxylic acid groups (broad SMARTS) is 1. The molecule has 0 aromatic heterocycles. The van der Waals surface area contributed by atoms with E-state index in [1.165, 1.54) is 0 Å². The van der Waals surface area contributed by atoms with Crippen molar-refractivity contribution in [1.29, 1.82) is 0 Å². The second kappa shape index (κ2) is 5.68. The molecular weight excluding hydrogens is 387 g/mol. The lowest BCUT2D eigenvalue weighted by Crippen LogP contribution is -2.69. The first-order valence-corrected chi connectivity index (χ1v) is 5.05. The fourth-order valence-electron chi connectivity index (χ4n) is 1.43. The Labute approximate surface area is 122 Å². The first-order chi connectivity index (χ1) is 10.2. The molecule has 0 heterocycles. The van der Waals surface area contributed by atoms with Crippen molar-refractivity contribution in [1.82, 2.24) is 0 Å². The van der Waals surface area contributed by atoms with E-state index in [1.54, 1.807) is 0 Å². The van der Waals surface area contributed by atoms with Gasteiger partial charge in [-0.3, -0.25) is 0 Å². The second-order valence-electron chi connectivity index (χ2n) is 4.12. The molecule has 0 rings (SSSR count). The molecule has 0 aliphatic rings. The smallest absolute Gasteiger partial charge is 0.459 e. The Morgan fingerprint density at radius 2 is 0.958 bits per heavy atom. The number of aliphatic carboxylic acids is 1. The van der Waals surface area contributed by atoms with Crippen molar-refractivity contribution in [3.63, 3.8) is 0 Å². The van der Waals surface area contributed by atoms with Gasteiger partial charge in [0, 0.05) is 6.08 Å². The van der Waals surface area contributed by atoms with Gasteiger partial charge >= 0.3 is 36.3 Å². The van der Waals surface area contributed by atoms with Gasteiger partial charge in [0.2, 0.25) is 5.41 Å². The number of allylic oxidation sites excluding steroid dienone is 1. The van der Waals surface area contributed by atoms with Crippen LogP contribution >= 0.6 is 0 Å². The minimum atomic E-state index is -7.86. The first-order valence-electron chi connectivity index (χ1n) is 5.05. The Kier molecular flexibility index (Phi) is 5.28. The summed E-state index contributed by atoms with van der Waals surface area (Å²) in [7, 11) is 0. The molecule has 0 radical (unpaired) electrons. The number of hydrogen-bond donors (Lipinski definition) is 1. The molecule has 0 bridgehead atoms. The largest absolute Gasteiger partial charge is 0.478 e. The molecule has 0 aliphatic heterocycles. The SMILES string of the molecule is O=C(O)/C=C\C(C(F)(F)F)(C(F)(F)F)C(F)(F)C(F)(F)C(F)(F)F. The predicted octanol–water partition coefficient (Wildman–Crippen LogP) is 4.57. The third kappa shape index (κ3) is 3.11. The number of hydrogen-bond acceptors (Lipinski definition) is 1. The van der Waals surface area contributed by atoms with Crippen molar-refractivity contribution in [2.75, 3.05) is 0 Å². The Bertz CT molecular complexity index is 493. The van der Waals surface area contributed by atoms with Crippen LogP contribution in [-0.4, -0.2) is 41.4 Å². The van der Waals surface area contributed by atoms with Gasteiger partial charge in [0.1, 0.15) is 0 Å². The molecule has 1 N–H and O–H groups in total. The minimum absolute atomic E-state index is 1.26. The molecule has 24 heavy (non-hydrogen) atoms. The van der Waals surface area contributed by atoms with Gasteiger partial charge < -0.3 is 5.11 Å². The summed E-state index contributed by atoms with van der Waals surface area (Å²) in [5.74, 6) is -18.4. The van der Waals surface area contributed by atoms with E-state index in [0.29, 0.717) is 0 Å². The number of carboxylic acids is 1. The van der Waals surface area contributed by atoms with E-state index in [4.69, 9.17) is 5.11 Å². The zero-order valence-corrected chi connectivity index (χ0v) is 10.4. The van der Waals surface area contributed by atoms with E-state index in [1.807, 2.05) is 0 Å². The molecule has 0 aromatic carbocycles. The van der Waals surface area contributed by atoms with E-state index < -0.39 is 53.9 Å². The molecule has 0 aromatic rings. The summed E-state index contributed by atoms with van der Waals surface area (Å²) < 4.78 is 163. The third-order valence-electron chi connectivity index (χ3n) is 2.62. The average molecular weight is 390 g/mol. The normalized spacial score (nSPS) is 15.9. The van der Waals surface area contributed by atoms with Crippen LogP contribution in [-0.2, 0) is 4.79 Å². The molecule has 0 saturated carbocycles. The first kappa shape index (κ1) is 22.3. The van der Waals surface area contributed by atoms with Crippen LogP contribution in [0, 0.1) is 5.41 Å². The maximum Gasteiger partial charge on any atom is 0.459 e. The summed E-state index contributed by atoms with van der Waals surface area (Å²) in [5, 5.41) is 7.96. The van der Waals surface area contributed by atoms with Gasteiger partial charge in [-0.2, -0.15) is 57.1 Å². The van der Waals surface area contributed by atoms with Crippen molar-refractivity contribution < 1.29 is 67.0 Å². The Balaban J connectivity index is 7.02. The quantitative estimate of drug-likeness (QED) is 0.564. The van der Waals surface area contributed by atoms with E-state index in [9.17, 15) is 61.9 Å². The number of halogens is 13. The van der Waals surface area contributed by atoms with Gasteiger partial charge in [0.15, 0.2) is 0 Å². The molecule has 2 nitrogen and oxygen atoms in total. The van der Waals surface area contributed by atoms with E-state index >= 15 is 0 Å². The summed E-state index contributed by atoms with van der Waals surface area (Å²) in [4.78, 5) is 10.00. The summed E-state index contributed by atoms with van der Waals surface area (Å²) in [5.41, 5.74) is -7.12. The number of rotatable bonds is 4. The molecule has 0 unspecified atom stereocenters. The molecule has 142 valence electrons. The van der Waals surface area contributed by atoms with Crippen LogP contribution in [0.2, 0.25) is 0 Å². The van der Waals surface area contributed by atoms with Gasteiger partial charge in [-0.15, -0.1) is 0 Å². The van der Waals surface area contributed by atoms with Gasteiger partial charge in [0.25, 0.3) is 0 Å². The van der Waals surface area contributed by atoms with Crippen molar-refractivity contribution >= 4 is 5.97 Å². The highest BCUT2D eigenvalue weighted by molar-refractivity contribution is 5.80. The van der Waals surface area contributed by atoms with Crippen molar-refractivity contribution in [2.24, 2.45) is 5.41 Å². The zero-order chi connectivity index (χ0) is 20.0. The van der Waals surface area contributed by atoms with E-state index in [2.05, 4.69) is 0 Å². The van der Waals surface area contributed by atoms with Crippen LogP contribution < -0.4 is 0 Å². The molecular formula is C9H3F13O2. The molecule has 0 fully saturated rings. The fourth-order valence-corrected chi connectivity index (χ4v) is 1.43. The fraction of sp³-hybridized carbons (Fsp3) is 0.667. The van der Waals surface area contributed by atoms with Gasteiger partial charge in [0.05, 0.1) is 0 Å². The van der Waals surface area contributed by atoms with Crippen LogP contribution in [0.4, 0.5) is 57.1 Å². The predicted molar refractivity (Wildman–Crippen MR) is 47.3 cm³/mol. The summed E-state index contributed by atoms with van der Waals surface area (Å²) in [6, 6.07) is 0. The number of alkyl halides is 13. The van der Waals surface area contributed by atoms with Crippen LogP contribution in [0.1, 0.15) is 0 Å². The highest BCUT2D eigenvalue weighted by Gasteiger charge is 2.91. The molecule has 0 amide bonds. The third-order valence-corrected chi connectivity index (χ3v) is 2.62. The second-order valence-corrected chi connectivity index (χ2v) is 4.12. The summed E-state index contributed by atoms with van der Waals surface area (Å²) in [6.07, 6.45) is -25.7. The van der Waals surface area contributed by atoms with E-state index in [-0.39, 0.29) is 0 Å². The molecule has 0 spiro atoms. The average Bonchev–Trinajstić information content (AvgIpc) is 2.22. The maximum atomic E-state index is 13.3. The summed E-state index contributed by atoms with van der Waals surface area (Å²) >= 11 is 0. The molecule has 0 saturated heterocycles. The lowest BCUT2D eigenvalue weighted by Gasteiger charge is -2.43. The molecule has 15 heteroatoms. The van der Waals surface area contributed by atoms with Gasteiger partial charge in [-0.1, -0.05) is 0 Å². The lowest BCUT2D eigenvalue weighted by molar-refractivity contribution is -0.446. The monoisotopic (exact) mass is 390 g/mol. The van der Waals surface area contributed by atoms with Crippen LogP contribution in [0.25, 0.3) is 0 Å². The Hall–Kier alpha value is -1.70. The molecule has 0 atom stereocenters. The van der Waals surface area contributed by atoms with Crippen LogP contribution in [0.5, 0.6) is 0 Å². The Morgan fingerprint density at radius 1 is 0.625 bits per heavy atom. The lowest BCUT2D eigenvalue weighted by atomic mass is 9.75. The van der Waals surface area contributed by atoms with Gasteiger partial charge in [-0.05, 0) is 6.08 Å². The van der Waals surface area contributed by atoms with E-state index in [0.717, 1.165) is 0 Å². The van der Waals surface area contributed by atoms with Crippen LogP contribution in [0.3, 0.4) is 0 Å². The maximum absolute atomic E-state index is 13.3. The molecule has 0 aliphatic carbocycles. The topological polar surface area (TPSA) is 37.3 Å². The Morgan fingerprint density at radius 3 is 1.17 bits per heavy atom. The summed E-state index contributed by atoms with van der Waals surface area (Å²) in [6.45, 7) is 0. The van der Waals surface area contributed by atoms with Crippen molar-refractivity contribution in [3.05, 3.63) is 12.2 Å². The highest BCUT2D eigenvalue weighted by Crippen LogP contribution is 2.65. The minimum Gasteiger partial charge on any atom is -0.478 e.